The summed E-state index contributed by atoms with van der Waals surface area (Å²) in [5.74, 6) is 0. The highest BCUT2D eigenvalue weighted by Gasteiger charge is 2.15. The van der Waals surface area contributed by atoms with Crippen molar-refractivity contribution in [3.05, 3.63) is 16.6 Å². The van der Waals surface area contributed by atoms with Crippen molar-refractivity contribution in [1.29, 1.82) is 0 Å². The molecule has 0 heterocycles. The fraction of sp³-hybridized carbons (Fsp3) is 0. The summed E-state index contributed by atoms with van der Waals surface area (Å²) in [6.45, 7) is 0. The molecule has 5 N–H and O–H groups in total. The van der Waals surface area contributed by atoms with Gasteiger partial charge in [-0.1, -0.05) is 0 Å². The van der Waals surface area contributed by atoms with E-state index in [4.69, 9.17) is 16.0 Å². The Morgan fingerprint density at radius 1 is 1.23 bits per heavy atom. The highest BCUT2D eigenvalue weighted by atomic mass is 79.9. The molecule has 0 unspecified atom stereocenters. The maximum absolute atomic E-state index is 10.7. The highest BCUT2D eigenvalue weighted by molar-refractivity contribution is 9.10. The van der Waals surface area contributed by atoms with Crippen LogP contribution >= 0.6 is 15.9 Å². The Bertz CT molecular complexity index is 443. The first-order valence-corrected chi connectivity index (χ1v) is 5.37. The van der Waals surface area contributed by atoms with Gasteiger partial charge >= 0.3 is 0 Å². The monoisotopic (exact) mass is 266 g/mol. The lowest BCUT2D eigenvalue weighted by molar-refractivity contribution is 0.483. The average molecular weight is 267 g/mol. The Labute approximate surface area is 83.6 Å². The van der Waals surface area contributed by atoms with E-state index in [0.717, 1.165) is 6.07 Å². The van der Waals surface area contributed by atoms with E-state index in [1.54, 1.807) is 0 Å². The second kappa shape index (κ2) is 3.17. The Balaban J connectivity index is 3.50. The summed E-state index contributed by atoms with van der Waals surface area (Å²) in [4.78, 5) is -0.381. The number of nitrogens with two attached hydrogens (primary N) is 2. The van der Waals surface area contributed by atoms with Gasteiger partial charge in [0.2, 0.25) is 0 Å². The van der Waals surface area contributed by atoms with Crippen LogP contribution in [0.3, 0.4) is 0 Å². The van der Waals surface area contributed by atoms with Crippen molar-refractivity contribution in [2.45, 2.75) is 4.90 Å². The predicted octanol–water partition coefficient (Wildman–Crippen LogP) is 0.860. The van der Waals surface area contributed by atoms with Crippen molar-refractivity contribution < 1.29 is 13.0 Å². The first kappa shape index (κ1) is 10.3. The molecule has 0 atom stereocenters. The lowest BCUT2D eigenvalue weighted by Crippen LogP contribution is -2.04. The molecule has 0 fully saturated rings. The first-order chi connectivity index (χ1) is 5.82. The van der Waals surface area contributed by atoms with Crippen molar-refractivity contribution in [1.82, 2.24) is 0 Å². The van der Waals surface area contributed by atoms with E-state index >= 15 is 0 Å². The smallest absolute Gasteiger partial charge is 0.296 e. The van der Waals surface area contributed by atoms with Gasteiger partial charge in [0.25, 0.3) is 10.1 Å². The summed E-state index contributed by atoms with van der Waals surface area (Å²) < 4.78 is 30.6. The lowest BCUT2D eigenvalue weighted by atomic mass is 10.3. The van der Waals surface area contributed by atoms with E-state index in [1.807, 2.05) is 0 Å². The van der Waals surface area contributed by atoms with Gasteiger partial charge in [-0.15, -0.1) is 0 Å². The minimum atomic E-state index is -4.30. The van der Waals surface area contributed by atoms with Gasteiger partial charge in [0.1, 0.15) is 4.90 Å². The standard InChI is InChI=1S/C6H7BrN2O3S/c7-3-1-5(9)6(2-4(3)8)13(10,11)12/h1-2H,8-9H2,(H,10,11,12). The number of hydrogen-bond donors (Lipinski definition) is 3. The van der Waals surface area contributed by atoms with Gasteiger partial charge in [-0.25, -0.2) is 0 Å². The summed E-state index contributed by atoms with van der Waals surface area (Å²) >= 11 is 3.07. The molecule has 1 aromatic carbocycles. The molecule has 5 nitrogen and oxygen atoms in total. The number of anilines is 2. The zero-order valence-corrected chi connectivity index (χ0v) is 8.76. The van der Waals surface area contributed by atoms with Crippen LogP contribution in [0.5, 0.6) is 0 Å². The number of rotatable bonds is 1. The molecular formula is C6H7BrN2O3S. The maximum atomic E-state index is 10.7. The number of benzene rings is 1. The molecule has 0 aliphatic carbocycles. The van der Waals surface area contributed by atoms with E-state index in [9.17, 15) is 8.42 Å². The van der Waals surface area contributed by atoms with Crippen LogP contribution in [-0.4, -0.2) is 13.0 Å². The summed E-state index contributed by atoms with van der Waals surface area (Å²) in [5, 5.41) is 0. The van der Waals surface area contributed by atoms with Crippen LogP contribution in [0.25, 0.3) is 0 Å². The van der Waals surface area contributed by atoms with Crippen LogP contribution in [0.15, 0.2) is 21.5 Å². The quantitative estimate of drug-likeness (QED) is 0.516. The minimum absolute atomic E-state index is 0.0522. The van der Waals surface area contributed by atoms with Crippen molar-refractivity contribution in [2.24, 2.45) is 0 Å². The number of nitrogen functional groups attached to an aromatic ring is 2. The zero-order valence-electron chi connectivity index (χ0n) is 6.36. The third-order valence-electron chi connectivity index (χ3n) is 1.41. The molecule has 0 saturated carbocycles. The van der Waals surface area contributed by atoms with Crippen LogP contribution < -0.4 is 11.5 Å². The van der Waals surface area contributed by atoms with Gasteiger partial charge in [-0.2, -0.15) is 8.42 Å². The van der Waals surface area contributed by atoms with E-state index in [0.29, 0.717) is 4.47 Å². The Hall–Kier alpha value is -0.790. The third kappa shape index (κ3) is 2.11. The Morgan fingerprint density at radius 2 is 1.77 bits per heavy atom. The Morgan fingerprint density at radius 3 is 2.23 bits per heavy atom. The predicted molar refractivity (Wildman–Crippen MR) is 52.8 cm³/mol. The van der Waals surface area contributed by atoms with Gasteiger partial charge in [0.15, 0.2) is 0 Å². The van der Waals surface area contributed by atoms with E-state index < -0.39 is 10.1 Å². The molecule has 1 aromatic rings. The van der Waals surface area contributed by atoms with E-state index in [-0.39, 0.29) is 16.3 Å². The van der Waals surface area contributed by atoms with Crippen molar-refractivity contribution in [2.75, 3.05) is 11.5 Å². The minimum Gasteiger partial charge on any atom is -0.398 e. The van der Waals surface area contributed by atoms with Crippen LogP contribution in [-0.2, 0) is 10.1 Å². The summed E-state index contributed by atoms with van der Waals surface area (Å²) in [7, 11) is -4.30. The normalized spacial score (nSPS) is 11.5. The lowest BCUT2D eigenvalue weighted by Gasteiger charge is -2.04. The van der Waals surface area contributed by atoms with Gasteiger partial charge in [0.05, 0.1) is 5.69 Å². The van der Waals surface area contributed by atoms with Crippen molar-refractivity contribution >= 4 is 37.4 Å². The van der Waals surface area contributed by atoms with Crippen LogP contribution in [0.1, 0.15) is 0 Å². The van der Waals surface area contributed by atoms with Gasteiger partial charge in [0, 0.05) is 10.2 Å². The molecule has 0 radical (unpaired) electrons. The molecule has 72 valence electrons. The maximum Gasteiger partial charge on any atom is 0.296 e. The largest absolute Gasteiger partial charge is 0.398 e. The fourth-order valence-electron chi connectivity index (χ4n) is 0.808. The third-order valence-corrected chi connectivity index (χ3v) is 3.00. The zero-order chi connectivity index (χ0) is 10.2. The average Bonchev–Trinajstić information content (AvgIpc) is 1.94. The molecule has 0 aromatic heterocycles. The first-order valence-electron chi connectivity index (χ1n) is 3.14. The Kier molecular flexibility index (Phi) is 2.51. The molecule has 0 aliphatic heterocycles. The van der Waals surface area contributed by atoms with Crippen LogP contribution in [0.4, 0.5) is 11.4 Å². The second-order valence-corrected chi connectivity index (χ2v) is 4.63. The summed E-state index contributed by atoms with van der Waals surface area (Å²) in [6, 6.07) is 2.41. The fourth-order valence-corrected chi connectivity index (χ4v) is 1.80. The van der Waals surface area contributed by atoms with Crippen LogP contribution in [0, 0.1) is 0 Å². The molecule has 0 amide bonds. The number of halogens is 1. The topological polar surface area (TPSA) is 106 Å². The number of hydrogen-bond acceptors (Lipinski definition) is 4. The van der Waals surface area contributed by atoms with Gasteiger partial charge < -0.3 is 11.5 Å². The highest BCUT2D eigenvalue weighted by Crippen LogP contribution is 2.28. The molecule has 0 spiro atoms. The molecule has 0 bridgehead atoms. The molecule has 7 heteroatoms. The van der Waals surface area contributed by atoms with Crippen LogP contribution in [0.2, 0.25) is 0 Å². The summed E-state index contributed by atoms with van der Waals surface area (Å²) in [6.07, 6.45) is 0. The molecule has 0 saturated heterocycles. The molecule has 13 heavy (non-hydrogen) atoms. The SMILES string of the molecule is Nc1cc(S(=O)(=O)O)c(N)cc1Br. The molecule has 0 aliphatic rings. The molecular weight excluding hydrogens is 260 g/mol. The van der Waals surface area contributed by atoms with Gasteiger partial charge in [-0.3, -0.25) is 4.55 Å². The van der Waals surface area contributed by atoms with Gasteiger partial charge in [-0.05, 0) is 28.1 Å². The molecule has 1 rings (SSSR count). The van der Waals surface area contributed by atoms with Crippen molar-refractivity contribution in [3.63, 3.8) is 0 Å². The second-order valence-electron chi connectivity index (χ2n) is 2.39. The van der Waals surface area contributed by atoms with E-state index in [1.165, 1.54) is 6.07 Å². The summed E-state index contributed by atoms with van der Waals surface area (Å²) in [5.41, 5.74) is 10.9. The van der Waals surface area contributed by atoms with Crippen molar-refractivity contribution in [3.8, 4) is 0 Å². The van der Waals surface area contributed by atoms with E-state index in [2.05, 4.69) is 15.9 Å².